The molecule has 0 radical (unpaired) electrons. The maximum absolute atomic E-state index is 3.62. The summed E-state index contributed by atoms with van der Waals surface area (Å²) in [5.41, 5.74) is 0. The van der Waals surface area contributed by atoms with E-state index < -0.39 is 0 Å². The smallest absolute Gasteiger partial charge is 0.00953 e. The summed E-state index contributed by atoms with van der Waals surface area (Å²) in [6, 6.07) is 0.832. The maximum atomic E-state index is 3.62. The second kappa shape index (κ2) is 5.64. The molecule has 0 aromatic heterocycles. The van der Waals surface area contributed by atoms with E-state index in [1.807, 2.05) is 0 Å². The minimum absolute atomic E-state index is 0.832. The van der Waals surface area contributed by atoms with E-state index in [0.717, 1.165) is 24.4 Å². The number of hydrogen-bond donors (Lipinski definition) is 1. The zero-order chi connectivity index (χ0) is 9.68. The first-order chi connectivity index (χ1) is 6.27. The van der Waals surface area contributed by atoms with Gasteiger partial charge in [-0.1, -0.05) is 33.6 Å². The lowest BCUT2D eigenvalue weighted by atomic mass is 9.90. The van der Waals surface area contributed by atoms with E-state index in [1.54, 1.807) is 0 Å². The van der Waals surface area contributed by atoms with Crippen molar-refractivity contribution in [1.82, 2.24) is 5.32 Å². The molecule has 0 spiro atoms. The van der Waals surface area contributed by atoms with Gasteiger partial charge in [-0.15, -0.1) is 0 Å². The Labute approximate surface area is 83.3 Å². The average molecular weight is 183 g/mol. The molecule has 0 saturated heterocycles. The second-order valence-electron chi connectivity index (χ2n) is 4.60. The van der Waals surface area contributed by atoms with Gasteiger partial charge in [0.25, 0.3) is 0 Å². The molecule has 1 fully saturated rings. The lowest BCUT2D eigenvalue weighted by Crippen LogP contribution is -2.32. The van der Waals surface area contributed by atoms with Crippen LogP contribution in [0.5, 0.6) is 0 Å². The van der Waals surface area contributed by atoms with Crippen LogP contribution >= 0.6 is 0 Å². The van der Waals surface area contributed by atoms with Gasteiger partial charge < -0.3 is 5.32 Å². The van der Waals surface area contributed by atoms with E-state index in [9.17, 15) is 0 Å². The molecule has 0 aromatic rings. The van der Waals surface area contributed by atoms with Gasteiger partial charge in [-0.05, 0) is 37.6 Å². The Hall–Kier alpha value is -0.0400. The third kappa shape index (κ3) is 3.30. The van der Waals surface area contributed by atoms with Crippen LogP contribution in [0.1, 0.15) is 52.9 Å². The van der Waals surface area contributed by atoms with Gasteiger partial charge in [0.2, 0.25) is 0 Å². The van der Waals surface area contributed by atoms with Gasteiger partial charge in [0.1, 0.15) is 0 Å². The molecule has 0 bridgehead atoms. The highest BCUT2D eigenvalue weighted by Crippen LogP contribution is 2.31. The summed E-state index contributed by atoms with van der Waals surface area (Å²) < 4.78 is 0. The van der Waals surface area contributed by atoms with Gasteiger partial charge >= 0.3 is 0 Å². The van der Waals surface area contributed by atoms with Crippen molar-refractivity contribution in [2.24, 2.45) is 11.8 Å². The van der Waals surface area contributed by atoms with Crippen molar-refractivity contribution in [3.8, 4) is 0 Å². The third-order valence-electron chi connectivity index (χ3n) is 3.53. The molecule has 78 valence electrons. The van der Waals surface area contributed by atoms with Crippen LogP contribution in [0.3, 0.4) is 0 Å². The predicted molar refractivity (Wildman–Crippen MR) is 58.9 cm³/mol. The summed E-state index contributed by atoms with van der Waals surface area (Å²) in [5.74, 6) is 1.89. The van der Waals surface area contributed by atoms with E-state index >= 15 is 0 Å². The van der Waals surface area contributed by atoms with Gasteiger partial charge in [-0.2, -0.15) is 0 Å². The SMILES string of the molecule is CCNC1CCCC1CC(C)CC. The molecule has 0 aromatic carbocycles. The van der Waals surface area contributed by atoms with Crippen molar-refractivity contribution in [2.45, 2.75) is 58.9 Å². The van der Waals surface area contributed by atoms with Crippen molar-refractivity contribution >= 4 is 0 Å². The average Bonchev–Trinajstić information content (AvgIpc) is 2.54. The zero-order valence-electron chi connectivity index (χ0n) is 9.47. The molecule has 13 heavy (non-hydrogen) atoms. The summed E-state index contributed by atoms with van der Waals surface area (Å²) >= 11 is 0. The van der Waals surface area contributed by atoms with Gasteiger partial charge in [0.15, 0.2) is 0 Å². The normalized spacial score (nSPS) is 30.7. The fourth-order valence-corrected chi connectivity index (χ4v) is 2.53. The molecular formula is C12H25N. The quantitative estimate of drug-likeness (QED) is 0.690. The van der Waals surface area contributed by atoms with E-state index in [-0.39, 0.29) is 0 Å². The van der Waals surface area contributed by atoms with Crippen LogP contribution < -0.4 is 5.32 Å². The Kier molecular flexibility index (Phi) is 4.79. The number of hydrogen-bond acceptors (Lipinski definition) is 1. The Morgan fingerprint density at radius 2 is 2.08 bits per heavy atom. The largest absolute Gasteiger partial charge is 0.314 e. The zero-order valence-corrected chi connectivity index (χ0v) is 9.47. The Morgan fingerprint density at radius 1 is 1.31 bits per heavy atom. The second-order valence-corrected chi connectivity index (χ2v) is 4.60. The number of nitrogens with one attached hydrogen (secondary N) is 1. The standard InChI is InChI=1S/C12H25N/c1-4-10(3)9-11-7-6-8-12(11)13-5-2/h10-13H,4-9H2,1-3H3. The molecular weight excluding hydrogens is 158 g/mol. The molecule has 1 nitrogen and oxygen atoms in total. The predicted octanol–water partition coefficient (Wildman–Crippen LogP) is 3.20. The van der Waals surface area contributed by atoms with Crippen LogP contribution in [0.2, 0.25) is 0 Å². The van der Waals surface area contributed by atoms with Crippen LogP contribution in [-0.4, -0.2) is 12.6 Å². The third-order valence-corrected chi connectivity index (χ3v) is 3.53. The van der Waals surface area contributed by atoms with Crippen molar-refractivity contribution in [1.29, 1.82) is 0 Å². The minimum atomic E-state index is 0.832. The maximum Gasteiger partial charge on any atom is 0.00953 e. The van der Waals surface area contributed by atoms with Gasteiger partial charge in [-0.3, -0.25) is 0 Å². The van der Waals surface area contributed by atoms with Gasteiger partial charge in [0.05, 0.1) is 0 Å². The van der Waals surface area contributed by atoms with Crippen molar-refractivity contribution in [2.75, 3.05) is 6.54 Å². The fraction of sp³-hybridized carbons (Fsp3) is 1.00. The van der Waals surface area contributed by atoms with E-state index in [1.165, 1.54) is 32.1 Å². The Bertz CT molecular complexity index is 133. The molecule has 0 heterocycles. The van der Waals surface area contributed by atoms with Crippen LogP contribution in [0.4, 0.5) is 0 Å². The van der Waals surface area contributed by atoms with Gasteiger partial charge in [0, 0.05) is 6.04 Å². The Balaban J connectivity index is 2.30. The van der Waals surface area contributed by atoms with Gasteiger partial charge in [-0.25, -0.2) is 0 Å². The Morgan fingerprint density at radius 3 is 2.69 bits per heavy atom. The molecule has 1 aliphatic rings. The molecule has 0 aliphatic heterocycles. The van der Waals surface area contributed by atoms with Crippen molar-refractivity contribution < 1.29 is 0 Å². The molecule has 0 amide bonds. The summed E-state index contributed by atoms with van der Waals surface area (Å²) in [4.78, 5) is 0. The molecule has 1 aliphatic carbocycles. The van der Waals surface area contributed by atoms with Crippen LogP contribution in [0.15, 0.2) is 0 Å². The van der Waals surface area contributed by atoms with E-state index in [0.29, 0.717) is 0 Å². The highest BCUT2D eigenvalue weighted by Gasteiger charge is 2.26. The highest BCUT2D eigenvalue weighted by atomic mass is 14.9. The summed E-state index contributed by atoms with van der Waals surface area (Å²) in [5, 5.41) is 3.62. The van der Waals surface area contributed by atoms with Crippen molar-refractivity contribution in [3.05, 3.63) is 0 Å². The molecule has 1 rings (SSSR count). The molecule has 1 heteroatoms. The summed E-state index contributed by atoms with van der Waals surface area (Å²) in [7, 11) is 0. The van der Waals surface area contributed by atoms with Crippen LogP contribution in [0.25, 0.3) is 0 Å². The summed E-state index contributed by atoms with van der Waals surface area (Å²) in [6.07, 6.45) is 7.10. The monoisotopic (exact) mass is 183 g/mol. The minimum Gasteiger partial charge on any atom is -0.314 e. The molecule has 1 N–H and O–H groups in total. The lowest BCUT2D eigenvalue weighted by Gasteiger charge is -2.22. The first kappa shape index (κ1) is 11.0. The molecule has 1 saturated carbocycles. The fourth-order valence-electron chi connectivity index (χ4n) is 2.53. The molecule has 3 atom stereocenters. The van der Waals surface area contributed by atoms with E-state index in [4.69, 9.17) is 0 Å². The van der Waals surface area contributed by atoms with Crippen molar-refractivity contribution in [3.63, 3.8) is 0 Å². The van der Waals surface area contributed by atoms with E-state index in [2.05, 4.69) is 26.1 Å². The summed E-state index contributed by atoms with van der Waals surface area (Å²) in [6.45, 7) is 8.06. The lowest BCUT2D eigenvalue weighted by molar-refractivity contribution is 0.327. The first-order valence-corrected chi connectivity index (χ1v) is 6.01. The van der Waals surface area contributed by atoms with Crippen LogP contribution in [-0.2, 0) is 0 Å². The van der Waals surface area contributed by atoms with Crippen LogP contribution in [0, 0.1) is 11.8 Å². The molecule has 3 unspecified atom stereocenters. The number of rotatable bonds is 5. The topological polar surface area (TPSA) is 12.0 Å². The highest BCUT2D eigenvalue weighted by molar-refractivity contribution is 4.83. The first-order valence-electron chi connectivity index (χ1n) is 6.01.